The van der Waals surface area contributed by atoms with Gasteiger partial charge in [0.25, 0.3) is 0 Å². The summed E-state index contributed by atoms with van der Waals surface area (Å²) in [6.45, 7) is 7.78. The molecule has 0 saturated carbocycles. The number of piperazine rings is 1. The first-order chi connectivity index (χ1) is 14.5. The van der Waals surface area contributed by atoms with Crippen LogP contribution in [-0.4, -0.2) is 66.5 Å². The van der Waals surface area contributed by atoms with E-state index in [1.54, 1.807) is 16.2 Å². The molecule has 2 aliphatic heterocycles. The topological polar surface area (TPSA) is 67.8 Å². The Morgan fingerprint density at radius 3 is 2.67 bits per heavy atom. The summed E-state index contributed by atoms with van der Waals surface area (Å²) < 4.78 is 10.5. The van der Waals surface area contributed by atoms with Crippen molar-refractivity contribution in [2.45, 2.75) is 26.4 Å². The molecule has 30 heavy (non-hydrogen) atoms. The maximum atomic E-state index is 12.3. The zero-order valence-corrected chi connectivity index (χ0v) is 18.6. The van der Waals surface area contributed by atoms with Crippen LogP contribution in [0.3, 0.4) is 0 Å². The molecule has 2 aromatic heterocycles. The van der Waals surface area contributed by atoms with E-state index in [9.17, 15) is 4.79 Å². The maximum Gasteiger partial charge on any atom is 0.410 e. The van der Waals surface area contributed by atoms with Gasteiger partial charge in [0, 0.05) is 60.5 Å². The van der Waals surface area contributed by atoms with E-state index in [-0.39, 0.29) is 12.2 Å². The van der Waals surface area contributed by atoms with Gasteiger partial charge in [-0.1, -0.05) is 11.6 Å². The molecule has 1 aliphatic carbocycles. The number of nitrogens with zero attached hydrogens (tertiary/aromatic N) is 4. The Hall–Kier alpha value is -2.16. The number of aryl methyl sites for hydroxylation is 2. The Kier molecular flexibility index (Phi) is 5.16. The highest BCUT2D eigenvalue weighted by atomic mass is 35.5. The predicted molar refractivity (Wildman–Crippen MR) is 117 cm³/mol. The number of pyridine rings is 1. The van der Waals surface area contributed by atoms with E-state index in [4.69, 9.17) is 26.1 Å². The molecule has 3 aliphatic rings. The highest BCUT2D eigenvalue weighted by molar-refractivity contribution is 7.13. The van der Waals surface area contributed by atoms with Crippen LogP contribution >= 0.6 is 22.9 Å². The number of fused-ring (bicyclic) bond motifs is 1. The van der Waals surface area contributed by atoms with Crippen LogP contribution in [0.2, 0.25) is 0 Å². The fraction of sp³-hybridized carbons (Fsp3) is 0.476. The van der Waals surface area contributed by atoms with Crippen LogP contribution in [0.15, 0.2) is 12.3 Å². The normalized spacial score (nSPS) is 19.2. The molecule has 0 atom stereocenters. The van der Waals surface area contributed by atoms with E-state index < -0.39 is 0 Å². The Morgan fingerprint density at radius 2 is 2.03 bits per heavy atom. The number of carbonyl (C=O) groups excluding carboxylic acids is 1. The van der Waals surface area contributed by atoms with Crippen LogP contribution in [0, 0.1) is 13.8 Å². The zero-order valence-electron chi connectivity index (χ0n) is 17.0. The first kappa shape index (κ1) is 19.8. The van der Waals surface area contributed by atoms with Gasteiger partial charge in [0.2, 0.25) is 0 Å². The van der Waals surface area contributed by atoms with E-state index in [0.29, 0.717) is 32.7 Å². The van der Waals surface area contributed by atoms with Crippen molar-refractivity contribution in [1.82, 2.24) is 14.9 Å². The Bertz CT molecular complexity index is 1010. The minimum atomic E-state index is -0.252. The van der Waals surface area contributed by atoms with E-state index in [0.717, 1.165) is 51.3 Å². The summed E-state index contributed by atoms with van der Waals surface area (Å²) in [5.41, 5.74) is 5.17. The van der Waals surface area contributed by atoms with Crippen LogP contribution in [-0.2, 0) is 15.9 Å². The van der Waals surface area contributed by atoms with E-state index in [2.05, 4.69) is 16.8 Å². The van der Waals surface area contributed by atoms with Crippen molar-refractivity contribution in [2.75, 3.05) is 44.3 Å². The minimum Gasteiger partial charge on any atom is -0.441 e. The molecule has 0 aromatic carbocycles. The molecular weight excluding hydrogens is 424 g/mol. The fourth-order valence-electron chi connectivity index (χ4n) is 3.93. The Balaban J connectivity index is 1.34. The molecular formula is C21H23ClN4O3S. The van der Waals surface area contributed by atoms with Gasteiger partial charge in [0.05, 0.1) is 29.6 Å². The number of halogens is 1. The van der Waals surface area contributed by atoms with Gasteiger partial charge in [0.1, 0.15) is 5.01 Å². The van der Waals surface area contributed by atoms with Gasteiger partial charge in [-0.25, -0.2) is 9.78 Å². The molecule has 4 heterocycles. The quantitative estimate of drug-likeness (QED) is 0.719. The number of aromatic nitrogens is 2. The SMILES string of the molecule is Cc1nc(C2=C(Cl)c3c(N4CCN(C(=O)OC5COC5)CC4)ccnc3C2)sc1C. The lowest BCUT2D eigenvalue weighted by Crippen LogP contribution is -2.51. The van der Waals surface area contributed by atoms with Gasteiger partial charge >= 0.3 is 6.09 Å². The fourth-order valence-corrected chi connectivity index (χ4v) is 5.31. The molecule has 0 bridgehead atoms. The molecule has 158 valence electrons. The lowest BCUT2D eigenvalue weighted by atomic mass is 10.1. The molecule has 0 spiro atoms. The lowest BCUT2D eigenvalue weighted by Gasteiger charge is -2.37. The molecule has 5 rings (SSSR count). The average molecular weight is 447 g/mol. The zero-order chi connectivity index (χ0) is 20.8. The molecule has 7 nitrogen and oxygen atoms in total. The summed E-state index contributed by atoms with van der Waals surface area (Å²) in [4.78, 5) is 26.8. The summed E-state index contributed by atoms with van der Waals surface area (Å²) in [7, 11) is 0. The summed E-state index contributed by atoms with van der Waals surface area (Å²) >= 11 is 8.55. The highest BCUT2D eigenvalue weighted by Gasteiger charge is 2.32. The third-order valence-electron chi connectivity index (χ3n) is 5.88. The number of hydrogen-bond donors (Lipinski definition) is 0. The number of anilines is 1. The van der Waals surface area contributed by atoms with Crippen LogP contribution in [0.1, 0.15) is 26.8 Å². The summed E-state index contributed by atoms with van der Waals surface area (Å²) in [6, 6.07) is 2.02. The highest BCUT2D eigenvalue weighted by Crippen LogP contribution is 2.45. The van der Waals surface area contributed by atoms with Crippen molar-refractivity contribution in [3.63, 3.8) is 0 Å². The summed E-state index contributed by atoms with van der Waals surface area (Å²) in [6.07, 6.45) is 2.19. The van der Waals surface area contributed by atoms with Crippen molar-refractivity contribution in [3.8, 4) is 0 Å². The van der Waals surface area contributed by atoms with Gasteiger partial charge in [-0.05, 0) is 19.9 Å². The Labute approximate surface area is 184 Å². The lowest BCUT2D eigenvalue weighted by molar-refractivity contribution is -0.104. The van der Waals surface area contributed by atoms with E-state index >= 15 is 0 Å². The maximum absolute atomic E-state index is 12.3. The van der Waals surface area contributed by atoms with Gasteiger partial charge in [0.15, 0.2) is 6.10 Å². The van der Waals surface area contributed by atoms with Crippen molar-refractivity contribution in [3.05, 3.63) is 39.1 Å². The standard InChI is InChI=1S/C21H23ClN4O3S/c1-12-13(2)30-20(24-12)15-9-16-18(19(15)22)17(3-4-23-16)25-5-7-26(8-6-25)21(27)29-14-10-28-11-14/h3-4,14H,5-11H2,1-2H3. The number of hydrogen-bond acceptors (Lipinski definition) is 7. The van der Waals surface area contributed by atoms with Crippen LogP contribution in [0.25, 0.3) is 10.6 Å². The minimum absolute atomic E-state index is 0.0977. The van der Waals surface area contributed by atoms with Crippen LogP contribution < -0.4 is 4.90 Å². The van der Waals surface area contributed by atoms with Gasteiger partial charge in [-0.2, -0.15) is 0 Å². The average Bonchev–Trinajstić information content (AvgIpc) is 3.24. The third kappa shape index (κ3) is 3.46. The van der Waals surface area contributed by atoms with Crippen molar-refractivity contribution >= 4 is 45.3 Å². The number of amides is 1. The third-order valence-corrected chi connectivity index (χ3v) is 7.43. The summed E-state index contributed by atoms with van der Waals surface area (Å²) in [5, 5.41) is 1.72. The van der Waals surface area contributed by atoms with Crippen LogP contribution in [0.4, 0.5) is 10.5 Å². The monoisotopic (exact) mass is 446 g/mol. The molecule has 0 N–H and O–H groups in total. The molecule has 2 fully saturated rings. The first-order valence-electron chi connectivity index (χ1n) is 10.1. The summed E-state index contributed by atoms with van der Waals surface area (Å²) in [5.74, 6) is 0. The molecule has 0 radical (unpaired) electrons. The van der Waals surface area contributed by atoms with Crippen molar-refractivity contribution < 1.29 is 14.3 Å². The molecule has 2 aromatic rings. The second-order valence-corrected chi connectivity index (χ2v) is 9.38. The van der Waals surface area contributed by atoms with Gasteiger partial charge < -0.3 is 19.3 Å². The second-order valence-electron chi connectivity index (χ2n) is 7.80. The number of rotatable bonds is 3. The van der Waals surface area contributed by atoms with Crippen LogP contribution in [0.5, 0.6) is 0 Å². The smallest absolute Gasteiger partial charge is 0.410 e. The second kappa shape index (κ2) is 7.83. The predicted octanol–water partition coefficient (Wildman–Crippen LogP) is 3.48. The number of allylic oxidation sites excluding steroid dienone is 1. The van der Waals surface area contributed by atoms with Gasteiger partial charge in [-0.15, -0.1) is 11.3 Å². The number of ether oxygens (including phenoxy) is 2. The van der Waals surface area contributed by atoms with Gasteiger partial charge in [-0.3, -0.25) is 4.98 Å². The van der Waals surface area contributed by atoms with E-state index in [1.807, 2.05) is 19.2 Å². The van der Waals surface area contributed by atoms with Crippen molar-refractivity contribution in [1.29, 1.82) is 0 Å². The largest absolute Gasteiger partial charge is 0.441 e. The first-order valence-corrected chi connectivity index (χ1v) is 11.3. The molecule has 0 unspecified atom stereocenters. The Morgan fingerprint density at radius 1 is 1.27 bits per heavy atom. The van der Waals surface area contributed by atoms with E-state index in [1.165, 1.54) is 4.88 Å². The molecule has 9 heteroatoms. The molecule has 1 amide bonds. The van der Waals surface area contributed by atoms with Crippen molar-refractivity contribution in [2.24, 2.45) is 0 Å². The number of carbonyl (C=O) groups is 1. The number of thiazole rings is 1. The molecule has 2 saturated heterocycles.